The van der Waals surface area contributed by atoms with Crippen molar-refractivity contribution in [1.82, 2.24) is 5.32 Å². The van der Waals surface area contributed by atoms with E-state index < -0.39 is 5.54 Å². The molecule has 4 nitrogen and oxygen atoms in total. The Kier molecular flexibility index (Phi) is 2.93. The Labute approximate surface area is 128 Å². The molecule has 1 heterocycles. The predicted molar refractivity (Wildman–Crippen MR) is 82.7 cm³/mol. The average Bonchev–Trinajstić information content (AvgIpc) is 2.80. The number of carbonyl (C=O) groups is 1. The van der Waals surface area contributed by atoms with E-state index in [2.05, 4.69) is 46.9 Å². The van der Waals surface area contributed by atoms with E-state index in [1.807, 2.05) is 0 Å². The molecule has 3 aliphatic rings. The van der Waals surface area contributed by atoms with E-state index in [1.165, 1.54) is 0 Å². The highest BCUT2D eigenvalue weighted by Gasteiger charge is 2.72. The Hall–Kier alpha value is -0.610. The van der Waals surface area contributed by atoms with Crippen LogP contribution in [0.1, 0.15) is 54.4 Å². The van der Waals surface area contributed by atoms with Crippen LogP contribution >= 0.6 is 0 Å². The molecule has 3 unspecified atom stereocenters. The van der Waals surface area contributed by atoms with Crippen LogP contribution in [-0.4, -0.2) is 30.2 Å². The van der Waals surface area contributed by atoms with Gasteiger partial charge in [0.05, 0.1) is 6.10 Å². The van der Waals surface area contributed by atoms with Crippen LogP contribution in [0.3, 0.4) is 0 Å². The van der Waals surface area contributed by atoms with Gasteiger partial charge in [-0.15, -0.1) is 0 Å². The molecule has 1 saturated heterocycles. The third kappa shape index (κ3) is 1.61. The smallest absolute Gasteiger partial charge is 0.241 e. The maximum atomic E-state index is 13.0. The molecule has 2 saturated carbocycles. The molecule has 0 spiro atoms. The number of nitrogens with one attached hydrogen (secondary N) is 1. The van der Waals surface area contributed by atoms with Crippen molar-refractivity contribution in [2.45, 2.75) is 72.1 Å². The molecule has 1 aliphatic heterocycles. The molecule has 0 bridgehead atoms. The number of nitrogens with two attached hydrogens (primary N) is 1. The van der Waals surface area contributed by atoms with Crippen LogP contribution < -0.4 is 11.1 Å². The summed E-state index contributed by atoms with van der Waals surface area (Å²) in [6, 6.07) is 0.206. The first-order chi connectivity index (χ1) is 9.49. The van der Waals surface area contributed by atoms with Crippen molar-refractivity contribution < 1.29 is 9.53 Å². The van der Waals surface area contributed by atoms with Crippen molar-refractivity contribution in [1.29, 1.82) is 0 Å². The standard InChI is InChI=1S/C17H30N2O2/c1-14(2)11-10(8-7-9-21-11)17(14,18)13(20)19-12-15(3,4)16(12,5)6/h10-12H,7-9,18H2,1-6H3,(H,19,20). The van der Waals surface area contributed by atoms with Gasteiger partial charge in [-0.25, -0.2) is 0 Å². The van der Waals surface area contributed by atoms with Crippen molar-refractivity contribution in [2.24, 2.45) is 27.9 Å². The summed E-state index contributed by atoms with van der Waals surface area (Å²) < 4.78 is 5.88. The van der Waals surface area contributed by atoms with Gasteiger partial charge in [0.1, 0.15) is 5.54 Å². The first-order valence-corrected chi connectivity index (χ1v) is 8.20. The van der Waals surface area contributed by atoms with E-state index in [0.717, 1.165) is 19.4 Å². The highest BCUT2D eigenvalue weighted by Crippen LogP contribution is 2.63. The monoisotopic (exact) mass is 294 g/mol. The third-order valence-electron chi connectivity index (χ3n) is 7.36. The second-order valence-electron chi connectivity index (χ2n) is 8.98. The van der Waals surface area contributed by atoms with Crippen LogP contribution in [-0.2, 0) is 9.53 Å². The Morgan fingerprint density at radius 1 is 1.10 bits per heavy atom. The van der Waals surface area contributed by atoms with Crippen molar-refractivity contribution in [3.8, 4) is 0 Å². The Balaban J connectivity index is 1.78. The van der Waals surface area contributed by atoms with Crippen molar-refractivity contribution >= 4 is 5.91 Å². The number of fused-ring (bicyclic) bond motifs is 1. The lowest BCUT2D eigenvalue weighted by atomic mass is 9.46. The molecule has 3 atom stereocenters. The lowest BCUT2D eigenvalue weighted by molar-refractivity contribution is -0.225. The number of hydrogen-bond acceptors (Lipinski definition) is 3. The van der Waals surface area contributed by atoms with Gasteiger partial charge in [-0.2, -0.15) is 0 Å². The molecule has 0 aromatic heterocycles. The molecule has 1 amide bonds. The van der Waals surface area contributed by atoms with Gasteiger partial charge in [-0.05, 0) is 23.7 Å². The van der Waals surface area contributed by atoms with Crippen molar-refractivity contribution in [2.75, 3.05) is 6.61 Å². The molecule has 3 N–H and O–H groups in total. The van der Waals surface area contributed by atoms with Crippen LogP contribution in [0.4, 0.5) is 0 Å². The number of rotatable bonds is 2. The van der Waals surface area contributed by atoms with Crippen LogP contribution in [0.5, 0.6) is 0 Å². The highest BCUT2D eigenvalue weighted by molar-refractivity contribution is 5.90. The molecule has 0 radical (unpaired) electrons. The number of ether oxygens (including phenoxy) is 1. The molecule has 2 aliphatic carbocycles. The van der Waals surface area contributed by atoms with Gasteiger partial charge in [-0.3, -0.25) is 4.79 Å². The molecule has 21 heavy (non-hydrogen) atoms. The number of hydrogen-bond donors (Lipinski definition) is 2. The van der Waals surface area contributed by atoms with Gasteiger partial charge in [0, 0.05) is 24.0 Å². The number of amides is 1. The highest BCUT2D eigenvalue weighted by atomic mass is 16.5. The van der Waals surface area contributed by atoms with Gasteiger partial charge < -0.3 is 15.8 Å². The minimum Gasteiger partial charge on any atom is -0.377 e. The van der Waals surface area contributed by atoms with E-state index in [4.69, 9.17) is 10.5 Å². The summed E-state index contributed by atoms with van der Waals surface area (Å²) in [5.74, 6) is 0.175. The van der Waals surface area contributed by atoms with E-state index >= 15 is 0 Å². The van der Waals surface area contributed by atoms with E-state index in [1.54, 1.807) is 0 Å². The van der Waals surface area contributed by atoms with Crippen LogP contribution in [0.2, 0.25) is 0 Å². The zero-order valence-electron chi connectivity index (χ0n) is 14.2. The summed E-state index contributed by atoms with van der Waals surface area (Å²) in [6.45, 7) is 13.8. The fraction of sp³-hybridized carbons (Fsp3) is 0.941. The fourth-order valence-corrected chi connectivity index (χ4v) is 4.84. The second kappa shape index (κ2) is 4.02. The largest absolute Gasteiger partial charge is 0.377 e. The topological polar surface area (TPSA) is 64.4 Å². The summed E-state index contributed by atoms with van der Waals surface area (Å²) >= 11 is 0. The second-order valence-corrected chi connectivity index (χ2v) is 8.98. The Morgan fingerprint density at radius 2 is 1.67 bits per heavy atom. The summed E-state index contributed by atoms with van der Waals surface area (Å²) in [4.78, 5) is 13.0. The van der Waals surface area contributed by atoms with Crippen LogP contribution in [0.25, 0.3) is 0 Å². The molecule has 4 heteroatoms. The van der Waals surface area contributed by atoms with Crippen molar-refractivity contribution in [3.63, 3.8) is 0 Å². The summed E-state index contributed by atoms with van der Waals surface area (Å²) in [5, 5.41) is 3.25. The van der Waals surface area contributed by atoms with E-state index in [9.17, 15) is 4.79 Å². The van der Waals surface area contributed by atoms with Crippen LogP contribution in [0, 0.1) is 22.2 Å². The summed E-state index contributed by atoms with van der Waals surface area (Å²) in [5.41, 5.74) is 5.81. The van der Waals surface area contributed by atoms with Crippen molar-refractivity contribution in [3.05, 3.63) is 0 Å². The Bertz CT molecular complexity index is 469. The number of carbonyl (C=O) groups excluding carboxylic acids is 1. The lowest BCUT2D eigenvalue weighted by Crippen LogP contribution is -2.82. The maximum Gasteiger partial charge on any atom is 0.241 e. The average molecular weight is 294 g/mol. The van der Waals surface area contributed by atoms with E-state index in [-0.39, 0.29) is 40.2 Å². The van der Waals surface area contributed by atoms with Gasteiger partial charge in [0.2, 0.25) is 5.91 Å². The van der Waals surface area contributed by atoms with Gasteiger partial charge in [-0.1, -0.05) is 41.5 Å². The van der Waals surface area contributed by atoms with Crippen LogP contribution in [0.15, 0.2) is 0 Å². The van der Waals surface area contributed by atoms with Gasteiger partial charge in [0.15, 0.2) is 0 Å². The molecule has 0 aromatic carbocycles. The minimum atomic E-state index is -0.799. The van der Waals surface area contributed by atoms with E-state index in [0.29, 0.717) is 0 Å². The minimum absolute atomic E-state index is 0.0166. The zero-order chi connectivity index (χ0) is 15.8. The summed E-state index contributed by atoms with van der Waals surface area (Å²) in [7, 11) is 0. The normalized spacial score (nSPS) is 42.6. The quantitative estimate of drug-likeness (QED) is 0.819. The maximum absolute atomic E-state index is 13.0. The SMILES string of the molecule is CC1(C)C(NC(=O)C2(N)C3CCCOC3C2(C)C)C1(C)C. The first-order valence-electron chi connectivity index (χ1n) is 8.20. The van der Waals surface area contributed by atoms with Gasteiger partial charge in [0.25, 0.3) is 0 Å². The first kappa shape index (κ1) is 15.3. The molecule has 3 fully saturated rings. The molecular weight excluding hydrogens is 264 g/mol. The molecule has 120 valence electrons. The summed E-state index contributed by atoms with van der Waals surface area (Å²) in [6.07, 6.45) is 2.13. The predicted octanol–water partition coefficient (Wildman–Crippen LogP) is 2.07. The van der Waals surface area contributed by atoms with Gasteiger partial charge >= 0.3 is 0 Å². The molecule has 0 aromatic rings. The fourth-order valence-electron chi connectivity index (χ4n) is 4.84. The Morgan fingerprint density at radius 3 is 2.19 bits per heavy atom. The third-order valence-corrected chi connectivity index (χ3v) is 7.36. The lowest BCUT2D eigenvalue weighted by Gasteiger charge is -2.65. The zero-order valence-corrected chi connectivity index (χ0v) is 14.2. The molecule has 3 rings (SSSR count). The molecular formula is C17H30N2O2.